The molecule has 0 unspecified atom stereocenters. The Labute approximate surface area is 490 Å². The molecule has 0 saturated heterocycles. The Morgan fingerprint density at radius 1 is 0.667 bits per heavy atom. The second kappa shape index (κ2) is 39.7. The molecule has 5 atom stereocenters. The first-order chi connectivity index (χ1) is 35.4. The number of aliphatic imine (C=N–C) groups is 3. The number of hydrogen-bond acceptors (Lipinski definition) is 14. The molecule has 6 rings (SSSR count). The first-order valence-corrected chi connectivity index (χ1v) is 29.9. The van der Waals surface area contributed by atoms with Crippen molar-refractivity contribution in [3.05, 3.63) is 153 Å². The molecule has 0 spiro atoms. The summed E-state index contributed by atoms with van der Waals surface area (Å²) >= 11 is 8.03. The van der Waals surface area contributed by atoms with Gasteiger partial charge in [-0.1, -0.05) is 146 Å². The number of ether oxygens (including phenoxy) is 2. The summed E-state index contributed by atoms with van der Waals surface area (Å²) in [5.74, 6) is 1.39. The van der Waals surface area contributed by atoms with Crippen LogP contribution >= 0.6 is 72.3 Å². The van der Waals surface area contributed by atoms with E-state index in [2.05, 4.69) is 153 Å². The molecule has 2 aliphatic heterocycles. The molecule has 2 aromatic carbocycles. The van der Waals surface area contributed by atoms with Crippen molar-refractivity contribution in [3.63, 3.8) is 0 Å². The van der Waals surface area contributed by atoms with Gasteiger partial charge in [0.25, 0.3) is 0 Å². The van der Waals surface area contributed by atoms with Crippen molar-refractivity contribution >= 4 is 96.5 Å². The normalized spacial score (nSPS) is 16.7. The van der Waals surface area contributed by atoms with Crippen LogP contribution in [0.5, 0.6) is 0 Å². The minimum atomic E-state index is -1.44. The Hall–Kier alpha value is -2.58. The maximum absolute atomic E-state index is 10.1. The minimum absolute atomic E-state index is 0.0234. The topological polar surface area (TPSA) is 226 Å². The number of halogens is 6. The second-order valence-corrected chi connectivity index (χ2v) is 23.0. The summed E-state index contributed by atoms with van der Waals surface area (Å²) in [6.07, 6.45) is 9.33. The van der Waals surface area contributed by atoms with Crippen molar-refractivity contribution < 1.29 is 66.1 Å². The Balaban J connectivity index is 0.000000951. The zero-order chi connectivity index (χ0) is 57.1. The molecule has 0 bridgehead atoms. The molecule has 4 heterocycles. The fourth-order valence-electron chi connectivity index (χ4n) is 6.02. The van der Waals surface area contributed by atoms with Gasteiger partial charge in [-0.25, -0.2) is 20.0 Å². The summed E-state index contributed by atoms with van der Waals surface area (Å²) in [6.45, 7) is 18.1. The average Bonchev–Trinajstić information content (AvgIpc) is 4.09. The first-order valence-electron chi connectivity index (χ1n) is 23.1. The number of aliphatic hydroxyl groups is 5. The molecule has 2 aliphatic rings. The van der Waals surface area contributed by atoms with Gasteiger partial charge in [0.15, 0.2) is 6.29 Å². The summed E-state index contributed by atoms with van der Waals surface area (Å²) in [7, 11) is 18.7. The Morgan fingerprint density at radius 2 is 1.07 bits per heavy atom. The number of nitrogens with two attached hydrogens (primary N) is 1. The van der Waals surface area contributed by atoms with Crippen molar-refractivity contribution in [2.24, 2.45) is 31.5 Å². The van der Waals surface area contributed by atoms with Gasteiger partial charge in [-0.05, 0) is 98.4 Å². The number of nitrogens with zero attached hydrogens (tertiary/aromatic N) is 5. The van der Waals surface area contributed by atoms with Crippen molar-refractivity contribution in [2.75, 3.05) is 33.0 Å². The molecule has 0 aliphatic carbocycles. The van der Waals surface area contributed by atoms with Gasteiger partial charge < -0.3 is 40.7 Å². The van der Waals surface area contributed by atoms with Crippen molar-refractivity contribution in [1.29, 1.82) is 0 Å². The van der Waals surface area contributed by atoms with Crippen LogP contribution in [0.15, 0.2) is 146 Å². The molecule has 0 saturated carbocycles. The first kappa shape index (κ1) is 72.4. The number of aldehydes is 1. The van der Waals surface area contributed by atoms with E-state index in [-0.39, 0.29) is 41.6 Å². The molecule has 22 heteroatoms. The molecule has 75 heavy (non-hydrogen) atoms. The molecule has 4 aromatic rings. The van der Waals surface area contributed by atoms with Gasteiger partial charge in [0.2, 0.25) is 11.8 Å². The number of hydrogen-bond donors (Lipinski definition) is 6. The van der Waals surface area contributed by atoms with E-state index < -0.39 is 24.4 Å². The standard InChI is InChI=1S/C20H22BrN3O.C14H20N2O.C7H14O2.C6H4BrNO.C6H12O3.4ClH.2Cu/c1-20(2,3)18(22-12-15-10-7-11-17(21)23-15)19-24-16(13-25-19)14-8-5-4-6-9-14;1-14(2,3)12(15)13-16-11(9-17-13)10-7-5-4-6-8-10;1-3-5-7(9,4-2)6-8;7-6-3-1-2-5(4-9)8-6;1-2-3-6(9,4-7)5-8;;;;;;/h4-12,16,18H,13H2,1-3H3;4-8,11-12H,9,15H2,1-3H3;3,5,8-9H,4,6H2,1-2H3;1-4H;2-3,7-9H,4-5H2,1H3;4*1H;;/q;;;;;;;;;2*+2/p-4/b;;5-3+;;3-2+;;;;;;/t16-,18+;11-,12+;7-;;;;;;;;/m001......../s1. The molecule has 426 valence electrons. The van der Waals surface area contributed by atoms with Crippen LogP contribution in [0.4, 0.5) is 0 Å². The van der Waals surface area contributed by atoms with Crippen LogP contribution in [0.3, 0.4) is 0 Å². The number of carbonyl (C=O) groups excluding carboxylic acids is 1. The molecule has 0 amide bonds. The number of carbonyl (C=O) groups is 1. The third-order valence-corrected chi connectivity index (χ3v) is 11.2. The third-order valence-electron chi connectivity index (χ3n) is 10.3. The summed E-state index contributed by atoms with van der Waals surface area (Å²) in [4.78, 5) is 32.5. The van der Waals surface area contributed by atoms with Crippen LogP contribution in [0.2, 0.25) is 0 Å². The fourth-order valence-corrected chi connectivity index (χ4v) is 6.73. The molecule has 2 aromatic heterocycles. The van der Waals surface area contributed by atoms with E-state index in [4.69, 9.17) is 45.6 Å². The Morgan fingerprint density at radius 3 is 1.40 bits per heavy atom. The number of allylic oxidation sites excluding steroid dienone is 2. The zero-order valence-electron chi connectivity index (χ0n) is 43.4. The van der Waals surface area contributed by atoms with Gasteiger partial charge in [0.1, 0.15) is 57.4 Å². The maximum atomic E-state index is 10.1. The summed E-state index contributed by atoms with van der Waals surface area (Å²) in [5, 5.41) is 43.9. The number of aromatic nitrogens is 2. The van der Waals surface area contributed by atoms with Crippen molar-refractivity contribution in [1.82, 2.24) is 9.97 Å². The van der Waals surface area contributed by atoms with E-state index in [1.807, 2.05) is 68.4 Å². The van der Waals surface area contributed by atoms with Gasteiger partial charge in [-0.3, -0.25) is 9.79 Å². The monoisotopic (exact) mass is 1340 g/mol. The molecular formula is C53H72Br2Cl4Cu2N6O8. The Bertz CT molecular complexity index is 2300. The van der Waals surface area contributed by atoms with E-state index >= 15 is 0 Å². The molecular weight excluding hydrogens is 1280 g/mol. The van der Waals surface area contributed by atoms with Crippen molar-refractivity contribution in [2.45, 2.75) is 104 Å². The number of rotatable bonds is 13. The predicted molar refractivity (Wildman–Crippen MR) is 307 cm³/mol. The van der Waals surface area contributed by atoms with E-state index in [0.29, 0.717) is 48.0 Å². The molecule has 7 N–H and O–H groups in total. The number of pyridine rings is 2. The summed E-state index contributed by atoms with van der Waals surface area (Å²) < 4.78 is 13.0. The van der Waals surface area contributed by atoms with Gasteiger partial charge in [0, 0.05) is 6.21 Å². The second-order valence-electron chi connectivity index (χ2n) is 18.3. The van der Waals surface area contributed by atoms with E-state index in [1.54, 1.807) is 49.6 Å². The van der Waals surface area contributed by atoms with Crippen LogP contribution in [0.25, 0.3) is 0 Å². The van der Waals surface area contributed by atoms with Gasteiger partial charge in [0.05, 0.1) is 31.6 Å². The molecule has 14 nitrogen and oxygen atoms in total. The number of aliphatic hydroxyl groups excluding tert-OH is 3. The van der Waals surface area contributed by atoms with Crippen LogP contribution in [0.1, 0.15) is 108 Å². The summed E-state index contributed by atoms with van der Waals surface area (Å²) in [6, 6.07) is 31.2. The zero-order valence-corrected chi connectivity index (χ0v) is 51.5. The Kier molecular flexibility index (Phi) is 38.4. The van der Waals surface area contributed by atoms with E-state index in [9.17, 15) is 9.90 Å². The third kappa shape index (κ3) is 30.4. The van der Waals surface area contributed by atoms with Gasteiger partial charge in [-0.2, -0.15) is 0 Å². The molecule has 0 fully saturated rings. The van der Waals surface area contributed by atoms with Crippen LogP contribution in [-0.2, 0) is 35.7 Å². The van der Waals surface area contributed by atoms with Crippen molar-refractivity contribution in [3.8, 4) is 0 Å². The summed E-state index contributed by atoms with van der Waals surface area (Å²) in [5.41, 5.74) is 7.19. The van der Waals surface area contributed by atoms with Gasteiger partial charge in [-0.15, -0.1) is 0 Å². The fraction of sp³-hybridized carbons (Fsp3) is 0.434. The SMILES string of the molecule is C/C=C/C(O)(CO)CO.C/C=C/[C@](O)(CC)CO.CC(C)(C)[C@H](N)C1=N[C@H](c2ccccc2)CO1.CC(C)(C)[C@H](N=Cc1cccc(Br)n1)C1=N[C@H](c2ccccc2)CO1.O=Cc1cccc(Br)n1.[Cl][Cu][Cl].[Cl][Cu][Cl]. The van der Waals surface area contributed by atoms with Gasteiger partial charge >= 0.3 is 66.7 Å². The van der Waals surface area contributed by atoms with Crippen LogP contribution in [0, 0.1) is 10.8 Å². The average molecular weight is 1350 g/mol. The van der Waals surface area contributed by atoms with E-state index in [0.717, 1.165) is 36.6 Å². The van der Waals surface area contributed by atoms with E-state index in [1.165, 1.54) is 17.2 Å². The number of benzene rings is 2. The molecule has 0 radical (unpaired) electrons. The van der Waals surface area contributed by atoms with Crippen LogP contribution in [-0.4, -0.2) is 116 Å². The van der Waals surface area contributed by atoms with Crippen LogP contribution < -0.4 is 5.73 Å². The quantitative estimate of drug-likeness (QED) is 0.0243. The predicted octanol–water partition coefficient (Wildman–Crippen LogP) is 11.8.